The monoisotopic (exact) mass is 318 g/mol. The van der Waals surface area contributed by atoms with E-state index in [4.69, 9.17) is 0 Å². The van der Waals surface area contributed by atoms with Crippen molar-refractivity contribution in [3.63, 3.8) is 0 Å². The molecular formula is C12H9BrF2OS. The van der Waals surface area contributed by atoms with Crippen LogP contribution in [0.4, 0.5) is 8.78 Å². The summed E-state index contributed by atoms with van der Waals surface area (Å²) in [6.07, 6.45) is 0.460. The SMILES string of the molecule is CC(=O)SCCC#Cc1cc(F)c(Br)cc1F. The molecule has 90 valence electrons. The van der Waals surface area contributed by atoms with Gasteiger partial charge in [0, 0.05) is 19.1 Å². The van der Waals surface area contributed by atoms with Gasteiger partial charge in [-0.15, -0.1) is 0 Å². The topological polar surface area (TPSA) is 17.1 Å². The van der Waals surface area contributed by atoms with Gasteiger partial charge < -0.3 is 0 Å². The predicted octanol–water partition coefficient (Wildman–Crippen LogP) is 3.75. The van der Waals surface area contributed by atoms with Crippen LogP contribution in [-0.4, -0.2) is 10.9 Å². The Balaban J connectivity index is 2.66. The molecule has 17 heavy (non-hydrogen) atoms. The maximum absolute atomic E-state index is 13.3. The number of thioether (sulfide) groups is 1. The van der Waals surface area contributed by atoms with Crippen molar-refractivity contribution in [2.24, 2.45) is 0 Å². The molecule has 0 saturated carbocycles. The molecule has 5 heteroatoms. The first kappa shape index (κ1) is 14.2. The van der Waals surface area contributed by atoms with Gasteiger partial charge in [0.15, 0.2) is 5.12 Å². The molecule has 0 spiro atoms. The average molecular weight is 319 g/mol. The highest BCUT2D eigenvalue weighted by molar-refractivity contribution is 9.10. The zero-order chi connectivity index (χ0) is 12.8. The molecule has 1 aromatic rings. The third-order valence-corrected chi connectivity index (χ3v) is 3.19. The predicted molar refractivity (Wildman–Crippen MR) is 68.7 cm³/mol. The minimum atomic E-state index is -0.565. The second-order valence-electron chi connectivity index (χ2n) is 3.14. The second-order valence-corrected chi connectivity index (χ2v) is 5.26. The van der Waals surface area contributed by atoms with Crippen LogP contribution < -0.4 is 0 Å². The van der Waals surface area contributed by atoms with Crippen molar-refractivity contribution in [2.45, 2.75) is 13.3 Å². The van der Waals surface area contributed by atoms with Crippen LogP contribution in [0, 0.1) is 23.5 Å². The Morgan fingerprint density at radius 3 is 2.76 bits per heavy atom. The minimum Gasteiger partial charge on any atom is -0.288 e. The van der Waals surface area contributed by atoms with E-state index >= 15 is 0 Å². The van der Waals surface area contributed by atoms with E-state index in [1.807, 2.05) is 0 Å². The molecule has 1 aromatic carbocycles. The van der Waals surface area contributed by atoms with Crippen LogP contribution in [0.25, 0.3) is 0 Å². The first-order chi connectivity index (χ1) is 8.00. The molecule has 0 aliphatic heterocycles. The van der Waals surface area contributed by atoms with Gasteiger partial charge >= 0.3 is 0 Å². The highest BCUT2D eigenvalue weighted by Gasteiger charge is 2.05. The zero-order valence-corrected chi connectivity index (χ0v) is 11.4. The Morgan fingerprint density at radius 1 is 1.41 bits per heavy atom. The third-order valence-electron chi connectivity index (χ3n) is 1.77. The van der Waals surface area contributed by atoms with Crippen molar-refractivity contribution in [1.29, 1.82) is 0 Å². The summed E-state index contributed by atoms with van der Waals surface area (Å²) in [5.74, 6) is 4.69. The molecule has 0 fully saturated rings. The number of benzene rings is 1. The maximum Gasteiger partial charge on any atom is 0.185 e. The van der Waals surface area contributed by atoms with Crippen molar-refractivity contribution in [3.05, 3.63) is 33.8 Å². The van der Waals surface area contributed by atoms with E-state index < -0.39 is 11.6 Å². The lowest BCUT2D eigenvalue weighted by molar-refractivity contribution is -0.109. The average Bonchev–Trinajstić information content (AvgIpc) is 2.24. The van der Waals surface area contributed by atoms with E-state index in [9.17, 15) is 13.6 Å². The van der Waals surface area contributed by atoms with Gasteiger partial charge in [0.1, 0.15) is 11.6 Å². The molecule has 0 aliphatic carbocycles. The van der Waals surface area contributed by atoms with Crippen LogP contribution in [-0.2, 0) is 4.79 Å². The smallest absolute Gasteiger partial charge is 0.185 e. The summed E-state index contributed by atoms with van der Waals surface area (Å²) in [6.45, 7) is 1.47. The molecule has 0 aromatic heterocycles. The Hall–Kier alpha value is -0.860. The van der Waals surface area contributed by atoms with E-state index in [1.54, 1.807) is 0 Å². The Bertz CT molecular complexity index is 491. The molecule has 0 heterocycles. The standard InChI is InChI=1S/C12H9BrF2OS/c1-8(16)17-5-3-2-4-9-6-12(15)10(13)7-11(9)14/h6-7H,3,5H2,1H3. The Labute approximate surface area is 111 Å². The molecule has 0 N–H and O–H groups in total. The summed E-state index contributed by atoms with van der Waals surface area (Å²) in [7, 11) is 0. The van der Waals surface area contributed by atoms with Crippen LogP contribution in [0.1, 0.15) is 18.9 Å². The lowest BCUT2D eigenvalue weighted by Gasteiger charge is -1.97. The third kappa shape index (κ3) is 4.88. The van der Waals surface area contributed by atoms with Crippen molar-refractivity contribution in [1.82, 2.24) is 0 Å². The van der Waals surface area contributed by atoms with E-state index in [1.165, 1.54) is 6.92 Å². The van der Waals surface area contributed by atoms with E-state index in [2.05, 4.69) is 27.8 Å². The summed E-state index contributed by atoms with van der Waals surface area (Å²) in [6, 6.07) is 2.09. The van der Waals surface area contributed by atoms with E-state index in [0.29, 0.717) is 12.2 Å². The number of rotatable bonds is 2. The van der Waals surface area contributed by atoms with Gasteiger partial charge in [0.25, 0.3) is 0 Å². The largest absolute Gasteiger partial charge is 0.288 e. The van der Waals surface area contributed by atoms with Crippen LogP contribution in [0.2, 0.25) is 0 Å². The minimum absolute atomic E-state index is 0.0210. The van der Waals surface area contributed by atoms with Crippen molar-refractivity contribution < 1.29 is 13.6 Å². The van der Waals surface area contributed by atoms with Gasteiger partial charge in [-0.3, -0.25) is 4.79 Å². The summed E-state index contributed by atoms with van der Waals surface area (Å²) in [4.78, 5) is 10.6. The summed E-state index contributed by atoms with van der Waals surface area (Å²) in [5, 5.41) is 0.0210. The van der Waals surface area contributed by atoms with Gasteiger partial charge in [-0.2, -0.15) is 0 Å². The first-order valence-electron chi connectivity index (χ1n) is 4.77. The summed E-state index contributed by atoms with van der Waals surface area (Å²) < 4.78 is 26.5. The fraction of sp³-hybridized carbons (Fsp3) is 0.250. The molecule has 0 saturated heterocycles. The summed E-state index contributed by atoms with van der Waals surface area (Å²) >= 11 is 4.04. The molecule has 0 amide bonds. The first-order valence-corrected chi connectivity index (χ1v) is 6.55. The van der Waals surface area contributed by atoms with E-state index in [-0.39, 0.29) is 15.2 Å². The van der Waals surface area contributed by atoms with Gasteiger partial charge in [0.2, 0.25) is 0 Å². The van der Waals surface area contributed by atoms with Crippen LogP contribution in [0.5, 0.6) is 0 Å². The zero-order valence-electron chi connectivity index (χ0n) is 9.02. The molecule has 0 bridgehead atoms. The number of hydrogen-bond donors (Lipinski definition) is 0. The lowest BCUT2D eigenvalue weighted by Crippen LogP contribution is -1.88. The molecular weight excluding hydrogens is 310 g/mol. The second kappa shape index (κ2) is 6.77. The molecule has 0 unspecified atom stereocenters. The molecule has 0 atom stereocenters. The molecule has 0 aliphatic rings. The van der Waals surface area contributed by atoms with Gasteiger partial charge in [-0.25, -0.2) is 8.78 Å². The van der Waals surface area contributed by atoms with Crippen molar-refractivity contribution in [3.8, 4) is 11.8 Å². The lowest BCUT2D eigenvalue weighted by atomic mass is 10.2. The van der Waals surface area contributed by atoms with E-state index in [0.717, 1.165) is 23.9 Å². The molecule has 1 rings (SSSR count). The summed E-state index contributed by atoms with van der Waals surface area (Å²) in [5.41, 5.74) is 0.0264. The van der Waals surface area contributed by atoms with Crippen molar-refractivity contribution >= 4 is 32.8 Å². The van der Waals surface area contributed by atoms with Crippen molar-refractivity contribution in [2.75, 3.05) is 5.75 Å². The van der Waals surface area contributed by atoms with Gasteiger partial charge in [0.05, 0.1) is 10.0 Å². The molecule has 0 radical (unpaired) electrons. The highest BCUT2D eigenvalue weighted by atomic mass is 79.9. The Kier molecular flexibility index (Phi) is 5.66. The van der Waals surface area contributed by atoms with Gasteiger partial charge in [-0.05, 0) is 28.1 Å². The normalized spacial score (nSPS) is 9.65. The quantitative estimate of drug-likeness (QED) is 0.469. The number of halogens is 3. The Morgan fingerprint density at radius 2 is 2.12 bits per heavy atom. The fourth-order valence-electron chi connectivity index (χ4n) is 1.02. The maximum atomic E-state index is 13.3. The number of carbonyl (C=O) groups is 1. The number of hydrogen-bond acceptors (Lipinski definition) is 2. The van der Waals surface area contributed by atoms with Gasteiger partial charge in [-0.1, -0.05) is 23.6 Å². The molecule has 1 nitrogen and oxygen atoms in total. The highest BCUT2D eigenvalue weighted by Crippen LogP contribution is 2.19. The fourth-order valence-corrected chi connectivity index (χ4v) is 1.83. The van der Waals surface area contributed by atoms with Crippen LogP contribution in [0.3, 0.4) is 0 Å². The van der Waals surface area contributed by atoms with Crippen LogP contribution in [0.15, 0.2) is 16.6 Å². The number of carbonyl (C=O) groups excluding carboxylic acids is 1. The van der Waals surface area contributed by atoms with Crippen LogP contribution >= 0.6 is 27.7 Å².